The molecule has 162 valence electrons. The Bertz CT molecular complexity index is 1160. The summed E-state index contributed by atoms with van der Waals surface area (Å²) in [4.78, 5) is 40.0. The average molecular weight is 437 g/mol. The first kappa shape index (κ1) is 20.4. The van der Waals surface area contributed by atoms with Crippen molar-refractivity contribution < 1.29 is 4.79 Å². The molecule has 7 heteroatoms. The third-order valence-electron chi connectivity index (χ3n) is 6.75. The van der Waals surface area contributed by atoms with E-state index >= 15 is 0 Å². The zero-order chi connectivity index (χ0) is 21.5. The molecule has 2 atom stereocenters. The van der Waals surface area contributed by atoms with Crippen LogP contribution in [0.3, 0.4) is 0 Å². The number of benzene rings is 1. The Morgan fingerprint density at radius 2 is 1.94 bits per heavy atom. The number of carbonyl (C=O) groups excluding carboxylic acids is 1. The molecule has 0 saturated carbocycles. The van der Waals surface area contributed by atoms with Gasteiger partial charge in [0.05, 0.1) is 11.4 Å². The monoisotopic (exact) mass is 436 g/mol. The van der Waals surface area contributed by atoms with Crippen LogP contribution >= 0.6 is 11.3 Å². The summed E-state index contributed by atoms with van der Waals surface area (Å²) in [6.45, 7) is 7.25. The molecule has 6 nitrogen and oxygen atoms in total. The lowest BCUT2D eigenvalue weighted by molar-refractivity contribution is 0.0575. The molecule has 3 heterocycles. The van der Waals surface area contributed by atoms with Gasteiger partial charge in [0.1, 0.15) is 10.7 Å². The maximum atomic E-state index is 12.9. The summed E-state index contributed by atoms with van der Waals surface area (Å²) >= 11 is 1.70. The topological polar surface area (TPSA) is 69.3 Å². The lowest BCUT2D eigenvalue weighted by Crippen LogP contribution is -2.49. The van der Waals surface area contributed by atoms with Crippen molar-refractivity contribution in [3.8, 4) is 0 Å². The molecule has 1 amide bonds. The third-order valence-corrected chi connectivity index (χ3v) is 7.90. The molecule has 2 aliphatic rings. The second-order valence-electron chi connectivity index (χ2n) is 8.85. The van der Waals surface area contributed by atoms with Crippen molar-refractivity contribution in [3.63, 3.8) is 0 Å². The van der Waals surface area contributed by atoms with Gasteiger partial charge in [-0.2, -0.15) is 0 Å². The van der Waals surface area contributed by atoms with Crippen molar-refractivity contribution >= 4 is 27.5 Å². The van der Waals surface area contributed by atoms with Gasteiger partial charge in [-0.25, -0.2) is 4.98 Å². The second kappa shape index (κ2) is 8.20. The highest BCUT2D eigenvalue weighted by atomic mass is 32.1. The van der Waals surface area contributed by atoms with E-state index in [-0.39, 0.29) is 17.5 Å². The van der Waals surface area contributed by atoms with Gasteiger partial charge in [-0.15, -0.1) is 11.3 Å². The van der Waals surface area contributed by atoms with Crippen LogP contribution in [0.1, 0.15) is 52.9 Å². The van der Waals surface area contributed by atoms with Crippen molar-refractivity contribution in [1.82, 2.24) is 19.8 Å². The van der Waals surface area contributed by atoms with E-state index in [1.54, 1.807) is 11.3 Å². The minimum Gasteiger partial charge on any atom is -0.336 e. The number of amides is 1. The van der Waals surface area contributed by atoms with Gasteiger partial charge in [0, 0.05) is 36.6 Å². The summed E-state index contributed by atoms with van der Waals surface area (Å²) in [5.74, 6) is 1.49. The number of aryl methyl sites for hydroxylation is 1. The molecule has 1 aromatic carbocycles. The predicted molar refractivity (Wildman–Crippen MR) is 124 cm³/mol. The van der Waals surface area contributed by atoms with Gasteiger partial charge in [-0.3, -0.25) is 14.5 Å². The summed E-state index contributed by atoms with van der Waals surface area (Å²) in [6, 6.07) is 9.44. The number of aromatic amines is 1. The van der Waals surface area contributed by atoms with Gasteiger partial charge < -0.3 is 9.88 Å². The van der Waals surface area contributed by atoms with Crippen LogP contribution in [0.4, 0.5) is 0 Å². The van der Waals surface area contributed by atoms with E-state index in [2.05, 4.69) is 23.7 Å². The SMILES string of the molecule is C[C@@H]1CCc2c(sc3nc([C@@H](C)N4CCN(C(=O)c5ccccc5)CC4)[nH]c(=O)c23)C1. The van der Waals surface area contributed by atoms with Crippen molar-refractivity contribution in [2.75, 3.05) is 26.2 Å². The molecule has 1 aliphatic heterocycles. The summed E-state index contributed by atoms with van der Waals surface area (Å²) in [5, 5.41) is 0.807. The minimum absolute atomic E-state index is 0.00297. The fourth-order valence-electron chi connectivity index (χ4n) is 4.81. The lowest BCUT2D eigenvalue weighted by Gasteiger charge is -2.37. The number of hydrogen-bond acceptors (Lipinski definition) is 5. The van der Waals surface area contributed by atoms with Crippen molar-refractivity contribution in [1.29, 1.82) is 0 Å². The maximum Gasteiger partial charge on any atom is 0.259 e. The van der Waals surface area contributed by atoms with Gasteiger partial charge in [0.15, 0.2) is 0 Å². The zero-order valence-corrected chi connectivity index (χ0v) is 18.9. The minimum atomic E-state index is -0.00297. The first-order valence-electron chi connectivity index (χ1n) is 11.1. The fraction of sp³-hybridized carbons (Fsp3) is 0.458. The molecule has 31 heavy (non-hydrogen) atoms. The first-order chi connectivity index (χ1) is 15.0. The van der Waals surface area contributed by atoms with Crippen molar-refractivity contribution in [2.24, 2.45) is 5.92 Å². The van der Waals surface area contributed by atoms with E-state index in [1.165, 1.54) is 10.4 Å². The molecule has 5 rings (SSSR count). The maximum absolute atomic E-state index is 12.9. The predicted octanol–water partition coefficient (Wildman–Crippen LogP) is 3.63. The van der Waals surface area contributed by atoms with Crippen LogP contribution in [-0.2, 0) is 12.8 Å². The van der Waals surface area contributed by atoms with E-state index in [0.717, 1.165) is 54.0 Å². The highest BCUT2D eigenvalue weighted by Gasteiger charge is 2.28. The molecule has 1 fully saturated rings. The van der Waals surface area contributed by atoms with E-state index in [0.29, 0.717) is 19.0 Å². The number of H-pyrrole nitrogens is 1. The number of aromatic nitrogens is 2. The number of nitrogens with one attached hydrogen (secondary N) is 1. The number of carbonyl (C=O) groups is 1. The van der Waals surface area contributed by atoms with Crippen LogP contribution in [0.15, 0.2) is 35.1 Å². The Hall–Kier alpha value is -2.51. The number of fused-ring (bicyclic) bond motifs is 3. The number of hydrogen-bond donors (Lipinski definition) is 1. The number of rotatable bonds is 3. The van der Waals surface area contributed by atoms with E-state index in [4.69, 9.17) is 4.98 Å². The molecule has 0 bridgehead atoms. The Kier molecular flexibility index (Phi) is 5.40. The summed E-state index contributed by atoms with van der Waals surface area (Å²) in [6.07, 6.45) is 3.17. The van der Waals surface area contributed by atoms with Crippen LogP contribution < -0.4 is 5.56 Å². The van der Waals surface area contributed by atoms with Gasteiger partial charge in [0.25, 0.3) is 11.5 Å². The Balaban J connectivity index is 1.32. The van der Waals surface area contributed by atoms with E-state index in [9.17, 15) is 9.59 Å². The Morgan fingerprint density at radius 1 is 1.19 bits per heavy atom. The highest BCUT2D eigenvalue weighted by molar-refractivity contribution is 7.18. The molecule has 0 radical (unpaired) electrons. The largest absolute Gasteiger partial charge is 0.336 e. The molecule has 0 spiro atoms. The molecular formula is C24H28N4O2S. The number of piperazine rings is 1. The molecule has 1 aliphatic carbocycles. The highest BCUT2D eigenvalue weighted by Crippen LogP contribution is 2.36. The summed E-state index contributed by atoms with van der Waals surface area (Å²) in [5.41, 5.74) is 1.95. The fourth-order valence-corrected chi connectivity index (χ4v) is 6.20. The van der Waals surface area contributed by atoms with Gasteiger partial charge in [-0.1, -0.05) is 25.1 Å². The second-order valence-corrected chi connectivity index (χ2v) is 9.94. The molecule has 3 aromatic rings. The van der Waals surface area contributed by atoms with Crippen LogP contribution in [0.25, 0.3) is 10.2 Å². The first-order valence-corrected chi connectivity index (χ1v) is 12.0. The average Bonchev–Trinajstić information content (AvgIpc) is 3.16. The zero-order valence-electron chi connectivity index (χ0n) is 18.1. The van der Waals surface area contributed by atoms with Crippen LogP contribution in [0.5, 0.6) is 0 Å². The molecular weight excluding hydrogens is 408 g/mol. The van der Waals surface area contributed by atoms with Gasteiger partial charge in [-0.05, 0) is 49.8 Å². The summed E-state index contributed by atoms with van der Waals surface area (Å²) in [7, 11) is 0. The normalized spacial score (nSPS) is 20.6. The van der Waals surface area contributed by atoms with Crippen molar-refractivity contribution in [3.05, 3.63) is 62.5 Å². The molecule has 0 unspecified atom stereocenters. The quantitative estimate of drug-likeness (QED) is 0.681. The smallest absolute Gasteiger partial charge is 0.259 e. The molecule has 1 N–H and O–H groups in total. The lowest BCUT2D eigenvalue weighted by atomic mass is 9.89. The Labute approximate surface area is 185 Å². The number of nitrogens with zero attached hydrogens (tertiary/aromatic N) is 3. The third kappa shape index (κ3) is 3.81. The molecule has 1 saturated heterocycles. The molecule has 2 aromatic heterocycles. The summed E-state index contributed by atoms with van der Waals surface area (Å²) < 4.78 is 0. The van der Waals surface area contributed by atoms with E-state index < -0.39 is 0 Å². The Morgan fingerprint density at radius 3 is 2.68 bits per heavy atom. The van der Waals surface area contributed by atoms with Crippen molar-refractivity contribution in [2.45, 2.75) is 39.2 Å². The van der Waals surface area contributed by atoms with E-state index in [1.807, 2.05) is 35.2 Å². The number of thiophene rings is 1. The van der Waals surface area contributed by atoms with Crippen LogP contribution in [-0.4, -0.2) is 51.9 Å². The van der Waals surface area contributed by atoms with Crippen LogP contribution in [0.2, 0.25) is 0 Å². The van der Waals surface area contributed by atoms with Gasteiger partial charge in [0.2, 0.25) is 0 Å². The van der Waals surface area contributed by atoms with Gasteiger partial charge >= 0.3 is 0 Å². The van der Waals surface area contributed by atoms with Crippen LogP contribution in [0, 0.1) is 5.92 Å². The standard InChI is InChI=1S/C24H28N4O2S/c1-15-8-9-18-19(14-15)31-23-20(18)22(29)25-21(26-23)16(2)27-10-12-28(13-11-27)24(30)17-6-4-3-5-7-17/h3-7,15-16H,8-14H2,1-2H3,(H,25,26,29)/t15-,16-/m1/s1.